The van der Waals surface area contributed by atoms with E-state index in [9.17, 15) is 0 Å². The molecule has 21 heavy (non-hydrogen) atoms. The standard InChI is InChI=1S/C16H29BrN4/c1-6-13-9-21(16(7-2,8-3)11-18-13)10-14-15(17)12(4)19-20(14)5/h13,18H,6-11H2,1-5H3. The van der Waals surface area contributed by atoms with Crippen molar-refractivity contribution in [3.63, 3.8) is 0 Å². The van der Waals surface area contributed by atoms with Gasteiger partial charge in [0, 0.05) is 38.3 Å². The number of nitrogens with one attached hydrogen (secondary N) is 1. The molecule has 1 aliphatic rings. The fourth-order valence-corrected chi connectivity index (χ4v) is 3.92. The van der Waals surface area contributed by atoms with Crippen LogP contribution in [-0.4, -0.2) is 39.4 Å². The number of aromatic nitrogens is 2. The molecule has 1 aromatic heterocycles. The van der Waals surface area contributed by atoms with Crippen LogP contribution in [-0.2, 0) is 13.6 Å². The lowest BCUT2D eigenvalue weighted by Crippen LogP contribution is -2.63. The molecule has 1 atom stereocenters. The predicted octanol–water partition coefficient (Wildman–Crippen LogP) is 3.23. The summed E-state index contributed by atoms with van der Waals surface area (Å²) >= 11 is 3.72. The molecular formula is C16H29BrN4. The summed E-state index contributed by atoms with van der Waals surface area (Å²) in [4.78, 5) is 2.68. The second kappa shape index (κ2) is 6.80. The van der Waals surface area contributed by atoms with Gasteiger partial charge in [0.2, 0.25) is 0 Å². The predicted molar refractivity (Wildman–Crippen MR) is 91.4 cm³/mol. The molecule has 0 spiro atoms. The van der Waals surface area contributed by atoms with E-state index in [1.807, 2.05) is 11.7 Å². The third-order valence-electron chi connectivity index (χ3n) is 5.24. The Kier molecular flexibility index (Phi) is 5.49. The van der Waals surface area contributed by atoms with Crippen molar-refractivity contribution in [3.8, 4) is 0 Å². The van der Waals surface area contributed by atoms with E-state index in [2.05, 4.69) is 58.9 Å². The summed E-state index contributed by atoms with van der Waals surface area (Å²) in [5.41, 5.74) is 2.63. The van der Waals surface area contributed by atoms with Crippen molar-refractivity contribution in [1.82, 2.24) is 20.0 Å². The van der Waals surface area contributed by atoms with Crippen LogP contribution in [0.5, 0.6) is 0 Å². The van der Waals surface area contributed by atoms with Crippen LogP contribution in [0.4, 0.5) is 0 Å². The van der Waals surface area contributed by atoms with E-state index in [4.69, 9.17) is 0 Å². The third-order valence-corrected chi connectivity index (χ3v) is 6.27. The lowest BCUT2D eigenvalue weighted by atomic mass is 9.86. The molecule has 1 aromatic rings. The largest absolute Gasteiger partial charge is 0.311 e. The minimum Gasteiger partial charge on any atom is -0.311 e. The molecule has 4 nitrogen and oxygen atoms in total. The van der Waals surface area contributed by atoms with Crippen LogP contribution in [0, 0.1) is 6.92 Å². The first-order valence-electron chi connectivity index (χ1n) is 8.13. The first-order chi connectivity index (χ1) is 9.97. The number of aryl methyl sites for hydroxylation is 2. The summed E-state index contributed by atoms with van der Waals surface area (Å²) in [6, 6.07) is 0.601. The molecule has 0 aromatic carbocycles. The molecule has 1 saturated heterocycles. The van der Waals surface area contributed by atoms with Crippen molar-refractivity contribution in [3.05, 3.63) is 15.9 Å². The summed E-state index contributed by atoms with van der Waals surface area (Å²) in [6.45, 7) is 12.1. The van der Waals surface area contributed by atoms with Crippen LogP contribution in [0.1, 0.15) is 51.4 Å². The molecule has 0 bridgehead atoms. The van der Waals surface area contributed by atoms with E-state index < -0.39 is 0 Å². The fraction of sp³-hybridized carbons (Fsp3) is 0.812. The molecular weight excluding hydrogens is 328 g/mol. The van der Waals surface area contributed by atoms with E-state index in [0.29, 0.717) is 6.04 Å². The first kappa shape index (κ1) is 17.0. The van der Waals surface area contributed by atoms with Gasteiger partial charge in [-0.1, -0.05) is 20.8 Å². The van der Waals surface area contributed by atoms with E-state index in [-0.39, 0.29) is 5.54 Å². The first-order valence-corrected chi connectivity index (χ1v) is 8.93. The Bertz CT molecular complexity index is 479. The topological polar surface area (TPSA) is 33.1 Å². The van der Waals surface area contributed by atoms with Gasteiger partial charge < -0.3 is 5.32 Å². The summed E-state index contributed by atoms with van der Waals surface area (Å²) in [6.07, 6.45) is 3.55. The zero-order valence-electron chi connectivity index (χ0n) is 14.0. The molecule has 2 heterocycles. The molecule has 1 fully saturated rings. The maximum atomic E-state index is 4.54. The summed E-state index contributed by atoms with van der Waals surface area (Å²) in [5, 5.41) is 8.28. The quantitative estimate of drug-likeness (QED) is 0.878. The number of halogens is 1. The number of piperazine rings is 1. The SMILES string of the molecule is CCC1CN(Cc2c(Br)c(C)nn2C)C(CC)(CC)CN1. The van der Waals surface area contributed by atoms with Gasteiger partial charge in [0.15, 0.2) is 0 Å². The average molecular weight is 357 g/mol. The highest BCUT2D eigenvalue weighted by atomic mass is 79.9. The number of hydrogen-bond donors (Lipinski definition) is 1. The highest BCUT2D eigenvalue weighted by Crippen LogP contribution is 2.31. The van der Waals surface area contributed by atoms with Gasteiger partial charge in [-0.05, 0) is 42.1 Å². The van der Waals surface area contributed by atoms with Gasteiger partial charge in [0.1, 0.15) is 0 Å². The lowest BCUT2D eigenvalue weighted by Gasteiger charge is -2.49. The molecule has 5 heteroatoms. The molecule has 120 valence electrons. The Labute approximate surface area is 137 Å². The van der Waals surface area contributed by atoms with Crippen molar-refractivity contribution in [2.45, 2.75) is 65.1 Å². The Morgan fingerprint density at radius 2 is 2.00 bits per heavy atom. The van der Waals surface area contributed by atoms with Gasteiger partial charge in [0.05, 0.1) is 15.9 Å². The molecule has 0 aliphatic carbocycles. The van der Waals surface area contributed by atoms with Crippen LogP contribution in [0.25, 0.3) is 0 Å². The number of hydrogen-bond acceptors (Lipinski definition) is 3. The van der Waals surface area contributed by atoms with Gasteiger partial charge in [-0.15, -0.1) is 0 Å². The molecule has 0 amide bonds. The van der Waals surface area contributed by atoms with Gasteiger partial charge in [-0.3, -0.25) is 9.58 Å². The summed E-state index contributed by atoms with van der Waals surface area (Å²) in [5.74, 6) is 0. The van der Waals surface area contributed by atoms with Crippen molar-refractivity contribution in [2.24, 2.45) is 7.05 Å². The minimum absolute atomic E-state index is 0.267. The average Bonchev–Trinajstić information content (AvgIpc) is 2.73. The molecule has 1 aliphatic heterocycles. The molecule has 1 unspecified atom stereocenters. The van der Waals surface area contributed by atoms with Gasteiger partial charge in [-0.25, -0.2) is 0 Å². The van der Waals surface area contributed by atoms with Crippen molar-refractivity contribution in [2.75, 3.05) is 13.1 Å². The lowest BCUT2D eigenvalue weighted by molar-refractivity contribution is 0.0218. The van der Waals surface area contributed by atoms with Crippen LogP contribution < -0.4 is 5.32 Å². The maximum absolute atomic E-state index is 4.54. The van der Waals surface area contributed by atoms with E-state index >= 15 is 0 Å². The van der Waals surface area contributed by atoms with Gasteiger partial charge >= 0.3 is 0 Å². The Morgan fingerprint density at radius 1 is 1.33 bits per heavy atom. The molecule has 2 rings (SSSR count). The van der Waals surface area contributed by atoms with E-state index in [1.54, 1.807) is 0 Å². The Balaban J connectivity index is 2.27. The Hall–Kier alpha value is -0.390. The second-order valence-electron chi connectivity index (χ2n) is 6.27. The van der Waals surface area contributed by atoms with E-state index in [0.717, 1.165) is 29.8 Å². The summed E-state index contributed by atoms with van der Waals surface area (Å²) in [7, 11) is 2.05. The van der Waals surface area contributed by atoms with Gasteiger partial charge in [-0.2, -0.15) is 5.10 Å². The van der Waals surface area contributed by atoms with Crippen LogP contribution in [0.15, 0.2) is 4.47 Å². The summed E-state index contributed by atoms with van der Waals surface area (Å²) < 4.78 is 3.19. The van der Waals surface area contributed by atoms with Gasteiger partial charge in [0.25, 0.3) is 0 Å². The molecule has 1 N–H and O–H groups in total. The molecule has 0 radical (unpaired) electrons. The zero-order chi connectivity index (χ0) is 15.6. The minimum atomic E-state index is 0.267. The van der Waals surface area contributed by atoms with Crippen LogP contribution in [0.3, 0.4) is 0 Å². The zero-order valence-corrected chi connectivity index (χ0v) is 15.6. The smallest absolute Gasteiger partial charge is 0.0739 e. The van der Waals surface area contributed by atoms with E-state index in [1.165, 1.54) is 25.0 Å². The van der Waals surface area contributed by atoms with Crippen LogP contribution >= 0.6 is 15.9 Å². The molecule has 0 saturated carbocycles. The maximum Gasteiger partial charge on any atom is 0.0739 e. The highest BCUT2D eigenvalue weighted by molar-refractivity contribution is 9.10. The highest BCUT2D eigenvalue weighted by Gasteiger charge is 2.39. The Morgan fingerprint density at radius 3 is 2.48 bits per heavy atom. The third kappa shape index (κ3) is 3.20. The number of rotatable bonds is 5. The normalized spacial score (nSPS) is 22.7. The van der Waals surface area contributed by atoms with Crippen molar-refractivity contribution < 1.29 is 0 Å². The fourth-order valence-electron chi connectivity index (χ4n) is 3.46. The van der Waals surface area contributed by atoms with Crippen molar-refractivity contribution in [1.29, 1.82) is 0 Å². The van der Waals surface area contributed by atoms with Crippen molar-refractivity contribution >= 4 is 15.9 Å². The monoisotopic (exact) mass is 356 g/mol. The number of nitrogens with zero attached hydrogens (tertiary/aromatic N) is 3. The second-order valence-corrected chi connectivity index (χ2v) is 7.06. The van der Waals surface area contributed by atoms with Crippen LogP contribution in [0.2, 0.25) is 0 Å².